The predicted octanol–water partition coefficient (Wildman–Crippen LogP) is 3.69. The van der Waals surface area contributed by atoms with E-state index < -0.39 is 0 Å². The molecular weight excluding hydrogens is 246 g/mol. The summed E-state index contributed by atoms with van der Waals surface area (Å²) in [4.78, 5) is 6.94. The van der Waals surface area contributed by atoms with Gasteiger partial charge in [0.05, 0.1) is 10.7 Å². The SMILES string of the molecule is CN1c2ncc(Cl)cc2NCCC12CCCCC2. The number of hydrogen-bond acceptors (Lipinski definition) is 3. The van der Waals surface area contributed by atoms with Gasteiger partial charge in [-0.25, -0.2) is 4.98 Å². The molecule has 1 saturated carbocycles. The Hall–Kier alpha value is -0.960. The van der Waals surface area contributed by atoms with Gasteiger partial charge in [-0.2, -0.15) is 0 Å². The summed E-state index contributed by atoms with van der Waals surface area (Å²) in [5.74, 6) is 1.05. The van der Waals surface area contributed by atoms with Gasteiger partial charge >= 0.3 is 0 Å². The zero-order valence-corrected chi connectivity index (χ0v) is 11.6. The van der Waals surface area contributed by atoms with E-state index in [2.05, 4.69) is 22.2 Å². The van der Waals surface area contributed by atoms with Crippen LogP contribution in [0.4, 0.5) is 11.5 Å². The van der Waals surface area contributed by atoms with Crippen molar-refractivity contribution in [3.05, 3.63) is 17.3 Å². The van der Waals surface area contributed by atoms with Crippen LogP contribution < -0.4 is 10.2 Å². The van der Waals surface area contributed by atoms with Gasteiger partial charge < -0.3 is 10.2 Å². The molecule has 1 spiro atoms. The summed E-state index contributed by atoms with van der Waals surface area (Å²) in [7, 11) is 2.19. The molecule has 18 heavy (non-hydrogen) atoms. The highest BCUT2D eigenvalue weighted by Crippen LogP contribution is 2.42. The van der Waals surface area contributed by atoms with Crippen molar-refractivity contribution in [1.82, 2.24) is 4.98 Å². The highest BCUT2D eigenvalue weighted by atomic mass is 35.5. The van der Waals surface area contributed by atoms with Gasteiger partial charge in [0.25, 0.3) is 0 Å². The van der Waals surface area contributed by atoms with E-state index in [1.807, 2.05) is 6.07 Å². The molecule has 0 bridgehead atoms. The second kappa shape index (κ2) is 4.61. The van der Waals surface area contributed by atoms with Gasteiger partial charge in [0.2, 0.25) is 0 Å². The maximum Gasteiger partial charge on any atom is 0.152 e. The Kier molecular flexibility index (Phi) is 3.10. The molecule has 1 aromatic rings. The van der Waals surface area contributed by atoms with Crippen LogP contribution in [0.15, 0.2) is 12.3 Å². The normalized spacial score (nSPS) is 22.2. The molecule has 1 N–H and O–H groups in total. The minimum Gasteiger partial charge on any atom is -0.382 e. The average molecular weight is 266 g/mol. The van der Waals surface area contributed by atoms with Crippen LogP contribution in [0.25, 0.3) is 0 Å². The molecule has 0 aromatic carbocycles. The first kappa shape index (κ1) is 12.1. The van der Waals surface area contributed by atoms with E-state index in [-0.39, 0.29) is 0 Å². The van der Waals surface area contributed by atoms with Crippen LogP contribution >= 0.6 is 11.6 Å². The summed E-state index contributed by atoms with van der Waals surface area (Å²) < 4.78 is 0. The Labute approximate surface area is 114 Å². The average Bonchev–Trinajstić information content (AvgIpc) is 2.50. The van der Waals surface area contributed by atoms with Crippen LogP contribution in [-0.4, -0.2) is 24.1 Å². The quantitative estimate of drug-likeness (QED) is 0.775. The van der Waals surface area contributed by atoms with Crippen molar-refractivity contribution in [3.8, 4) is 0 Å². The molecule has 0 atom stereocenters. The maximum atomic E-state index is 6.03. The van der Waals surface area contributed by atoms with E-state index >= 15 is 0 Å². The Morgan fingerprint density at radius 1 is 1.28 bits per heavy atom. The van der Waals surface area contributed by atoms with Crippen molar-refractivity contribution in [2.24, 2.45) is 0 Å². The number of rotatable bonds is 0. The molecule has 0 radical (unpaired) electrons. The molecule has 0 saturated heterocycles. The fourth-order valence-corrected chi connectivity index (χ4v) is 3.60. The first-order valence-electron chi connectivity index (χ1n) is 6.85. The lowest BCUT2D eigenvalue weighted by atomic mass is 9.78. The lowest BCUT2D eigenvalue weighted by Gasteiger charge is -2.44. The van der Waals surface area contributed by atoms with Crippen LogP contribution in [0, 0.1) is 0 Å². The molecule has 3 rings (SSSR count). The number of pyridine rings is 1. The van der Waals surface area contributed by atoms with E-state index in [0.717, 1.165) is 18.1 Å². The molecule has 0 amide bonds. The molecule has 1 aromatic heterocycles. The number of nitrogens with one attached hydrogen (secondary N) is 1. The topological polar surface area (TPSA) is 28.2 Å². The molecule has 4 heteroatoms. The second-order valence-electron chi connectivity index (χ2n) is 5.55. The van der Waals surface area contributed by atoms with Gasteiger partial charge in [-0.1, -0.05) is 30.9 Å². The third-order valence-corrected chi connectivity index (χ3v) is 4.76. The van der Waals surface area contributed by atoms with E-state index in [1.54, 1.807) is 6.20 Å². The summed E-state index contributed by atoms with van der Waals surface area (Å²) in [6.45, 7) is 1.01. The monoisotopic (exact) mass is 265 g/mol. The second-order valence-corrected chi connectivity index (χ2v) is 5.98. The summed E-state index contributed by atoms with van der Waals surface area (Å²) in [5.41, 5.74) is 1.38. The standard InChI is InChI=1S/C14H20ClN3/c1-18-13-12(9-11(15)10-17-13)16-8-7-14(18)5-3-2-4-6-14/h9-10,16H,2-8H2,1H3. The van der Waals surface area contributed by atoms with E-state index in [1.165, 1.54) is 38.5 Å². The minimum atomic E-state index is 0.303. The number of halogens is 1. The summed E-state index contributed by atoms with van der Waals surface area (Å²) in [6, 6.07) is 1.99. The maximum absolute atomic E-state index is 6.03. The van der Waals surface area contributed by atoms with Crippen LogP contribution in [0.5, 0.6) is 0 Å². The van der Waals surface area contributed by atoms with Crippen molar-refractivity contribution < 1.29 is 0 Å². The summed E-state index contributed by atoms with van der Waals surface area (Å²) in [6.07, 6.45) is 9.58. The first-order chi connectivity index (χ1) is 8.71. The fourth-order valence-electron chi connectivity index (χ4n) is 3.45. The molecule has 2 aliphatic rings. The molecule has 3 nitrogen and oxygen atoms in total. The summed E-state index contributed by atoms with van der Waals surface area (Å²) >= 11 is 6.03. The minimum absolute atomic E-state index is 0.303. The molecule has 1 aliphatic carbocycles. The third-order valence-electron chi connectivity index (χ3n) is 4.55. The number of hydrogen-bond donors (Lipinski definition) is 1. The van der Waals surface area contributed by atoms with Gasteiger partial charge in [0.1, 0.15) is 0 Å². The van der Waals surface area contributed by atoms with E-state index in [4.69, 9.17) is 11.6 Å². The van der Waals surface area contributed by atoms with Crippen molar-refractivity contribution in [2.45, 2.75) is 44.1 Å². The van der Waals surface area contributed by atoms with Gasteiger partial charge in [-0.3, -0.25) is 0 Å². The van der Waals surface area contributed by atoms with Crippen LogP contribution in [0.1, 0.15) is 38.5 Å². The number of nitrogens with zero attached hydrogens (tertiary/aromatic N) is 2. The van der Waals surface area contributed by atoms with Gasteiger partial charge in [-0.05, 0) is 25.3 Å². The fraction of sp³-hybridized carbons (Fsp3) is 0.643. The molecular formula is C14H20ClN3. The smallest absolute Gasteiger partial charge is 0.152 e. The number of aromatic nitrogens is 1. The van der Waals surface area contributed by atoms with E-state index in [9.17, 15) is 0 Å². The lowest BCUT2D eigenvalue weighted by Crippen LogP contribution is -2.48. The van der Waals surface area contributed by atoms with Crippen molar-refractivity contribution >= 4 is 23.1 Å². The van der Waals surface area contributed by atoms with Crippen LogP contribution in [-0.2, 0) is 0 Å². The number of fused-ring (bicyclic) bond motifs is 1. The highest BCUT2D eigenvalue weighted by Gasteiger charge is 2.38. The van der Waals surface area contributed by atoms with Crippen molar-refractivity contribution in [2.75, 3.05) is 23.8 Å². The Morgan fingerprint density at radius 3 is 2.83 bits per heavy atom. The Morgan fingerprint density at radius 2 is 2.06 bits per heavy atom. The van der Waals surface area contributed by atoms with Gasteiger partial charge in [0.15, 0.2) is 5.82 Å². The van der Waals surface area contributed by atoms with Crippen molar-refractivity contribution in [1.29, 1.82) is 0 Å². The predicted molar refractivity (Wildman–Crippen MR) is 76.6 cm³/mol. The van der Waals surface area contributed by atoms with Gasteiger partial charge in [0, 0.05) is 25.3 Å². The third kappa shape index (κ3) is 1.95. The lowest BCUT2D eigenvalue weighted by molar-refractivity contribution is 0.273. The van der Waals surface area contributed by atoms with Crippen LogP contribution in [0.2, 0.25) is 5.02 Å². The van der Waals surface area contributed by atoms with E-state index in [0.29, 0.717) is 10.6 Å². The molecule has 0 unspecified atom stereocenters. The Balaban J connectivity index is 1.99. The number of anilines is 2. The zero-order valence-electron chi connectivity index (χ0n) is 10.9. The Bertz CT molecular complexity index is 441. The van der Waals surface area contributed by atoms with Crippen LogP contribution in [0.3, 0.4) is 0 Å². The molecule has 1 fully saturated rings. The summed E-state index contributed by atoms with van der Waals surface area (Å²) in [5, 5.41) is 4.18. The zero-order chi connectivity index (χ0) is 12.6. The molecule has 1 aliphatic heterocycles. The molecule has 2 heterocycles. The first-order valence-corrected chi connectivity index (χ1v) is 7.22. The molecule has 98 valence electrons. The van der Waals surface area contributed by atoms with Gasteiger partial charge in [-0.15, -0.1) is 0 Å². The highest BCUT2D eigenvalue weighted by molar-refractivity contribution is 6.30. The van der Waals surface area contributed by atoms with Crippen molar-refractivity contribution in [3.63, 3.8) is 0 Å². The largest absolute Gasteiger partial charge is 0.382 e.